The summed E-state index contributed by atoms with van der Waals surface area (Å²) in [4.78, 5) is 17.2. The highest BCUT2D eigenvalue weighted by atomic mass is 35.5. The third kappa shape index (κ3) is 3.22. The van der Waals surface area contributed by atoms with Crippen LogP contribution >= 0.6 is 11.6 Å². The molecular formula is C18H18ClN3O. The van der Waals surface area contributed by atoms with Crippen molar-refractivity contribution < 1.29 is 4.79 Å². The number of benzene rings is 1. The van der Waals surface area contributed by atoms with Gasteiger partial charge in [-0.25, -0.2) is 4.98 Å². The molecule has 0 bridgehead atoms. The van der Waals surface area contributed by atoms with Crippen molar-refractivity contribution in [3.05, 3.63) is 59.5 Å². The average Bonchev–Trinajstić information content (AvgIpc) is 2.93. The van der Waals surface area contributed by atoms with E-state index in [1.807, 2.05) is 67.9 Å². The topological polar surface area (TPSA) is 46.4 Å². The van der Waals surface area contributed by atoms with Crippen LogP contribution in [0.25, 0.3) is 16.8 Å². The molecule has 0 atom stereocenters. The van der Waals surface area contributed by atoms with Gasteiger partial charge in [0.1, 0.15) is 5.65 Å². The zero-order valence-electron chi connectivity index (χ0n) is 13.3. The summed E-state index contributed by atoms with van der Waals surface area (Å²) in [5.41, 5.74) is 2.64. The highest BCUT2D eigenvalue weighted by Gasteiger charge is 2.22. The van der Waals surface area contributed by atoms with Crippen LogP contribution in [-0.2, 0) is 0 Å². The van der Waals surface area contributed by atoms with E-state index < -0.39 is 0 Å². The number of halogens is 1. The van der Waals surface area contributed by atoms with Gasteiger partial charge in [0.2, 0.25) is 0 Å². The molecule has 1 aromatic carbocycles. The van der Waals surface area contributed by atoms with E-state index in [-0.39, 0.29) is 11.4 Å². The highest BCUT2D eigenvalue weighted by molar-refractivity contribution is 6.30. The number of carbonyl (C=O) groups is 1. The first-order chi connectivity index (χ1) is 10.8. The quantitative estimate of drug-likeness (QED) is 0.767. The summed E-state index contributed by atoms with van der Waals surface area (Å²) in [6.45, 7) is 5.87. The summed E-state index contributed by atoms with van der Waals surface area (Å²) in [5.74, 6) is -0.140. The van der Waals surface area contributed by atoms with Crippen LogP contribution < -0.4 is 5.32 Å². The van der Waals surface area contributed by atoms with Gasteiger partial charge in [-0.2, -0.15) is 0 Å². The van der Waals surface area contributed by atoms with Gasteiger partial charge in [-0.3, -0.25) is 4.79 Å². The van der Waals surface area contributed by atoms with E-state index in [0.717, 1.165) is 11.1 Å². The molecule has 3 aromatic rings. The van der Waals surface area contributed by atoms with E-state index in [1.54, 1.807) is 6.20 Å². The summed E-state index contributed by atoms with van der Waals surface area (Å²) in [5, 5.41) is 3.68. The minimum Gasteiger partial charge on any atom is -0.347 e. The van der Waals surface area contributed by atoms with Crippen LogP contribution in [-0.4, -0.2) is 20.8 Å². The first kappa shape index (κ1) is 15.6. The largest absolute Gasteiger partial charge is 0.347 e. The number of amides is 1. The molecule has 3 rings (SSSR count). The molecule has 0 fully saturated rings. The summed E-state index contributed by atoms with van der Waals surface area (Å²) in [6.07, 6.45) is 5.42. The Hall–Kier alpha value is -2.33. The number of nitrogens with zero attached hydrogens (tertiary/aromatic N) is 2. The number of aromatic nitrogens is 2. The van der Waals surface area contributed by atoms with Crippen molar-refractivity contribution in [3.63, 3.8) is 0 Å². The minimum absolute atomic E-state index is 0.140. The molecule has 0 radical (unpaired) electrons. The molecule has 0 aliphatic heterocycles. The van der Waals surface area contributed by atoms with Gasteiger partial charge in [0.25, 0.3) is 5.91 Å². The van der Waals surface area contributed by atoms with Gasteiger partial charge in [0.05, 0.1) is 5.56 Å². The Kier molecular flexibility index (Phi) is 3.86. The maximum atomic E-state index is 12.8. The number of fused-ring (bicyclic) bond motifs is 1. The van der Waals surface area contributed by atoms with Gasteiger partial charge in [-0.15, -0.1) is 0 Å². The van der Waals surface area contributed by atoms with Gasteiger partial charge in [0, 0.05) is 29.2 Å². The molecule has 0 unspecified atom stereocenters. The fourth-order valence-corrected chi connectivity index (χ4v) is 2.61. The van der Waals surface area contributed by atoms with E-state index in [9.17, 15) is 4.79 Å². The summed E-state index contributed by atoms with van der Waals surface area (Å²) < 4.78 is 1.84. The molecule has 1 N–H and O–H groups in total. The van der Waals surface area contributed by atoms with E-state index in [4.69, 9.17) is 11.6 Å². The monoisotopic (exact) mass is 327 g/mol. The van der Waals surface area contributed by atoms with Gasteiger partial charge in [0.15, 0.2) is 0 Å². The lowest BCUT2D eigenvalue weighted by Crippen LogP contribution is -2.41. The molecule has 1 amide bonds. The Morgan fingerprint density at radius 1 is 1.13 bits per heavy atom. The standard InChI is InChI=1S/C18H18ClN3O/c1-18(2,3)21-17(23)15-14(12-4-6-13(19)7-5-12)8-10-22-11-9-20-16(15)22/h4-11H,1-3H3,(H,21,23). The lowest BCUT2D eigenvalue weighted by molar-refractivity contribution is 0.0921. The van der Waals surface area contributed by atoms with Crippen molar-refractivity contribution in [2.75, 3.05) is 0 Å². The zero-order valence-corrected chi connectivity index (χ0v) is 14.1. The first-order valence-electron chi connectivity index (χ1n) is 7.39. The van der Waals surface area contributed by atoms with E-state index in [1.165, 1.54) is 0 Å². The van der Waals surface area contributed by atoms with Crippen LogP contribution in [0.4, 0.5) is 0 Å². The van der Waals surface area contributed by atoms with Crippen molar-refractivity contribution in [1.82, 2.24) is 14.7 Å². The Labute approximate surface area is 140 Å². The summed E-state index contributed by atoms with van der Waals surface area (Å²) in [6, 6.07) is 9.38. The molecule has 0 saturated carbocycles. The Balaban J connectivity index is 2.19. The Bertz CT molecular complexity index is 860. The number of nitrogens with one attached hydrogen (secondary N) is 1. The number of hydrogen-bond acceptors (Lipinski definition) is 2. The van der Waals surface area contributed by atoms with E-state index >= 15 is 0 Å². The van der Waals surface area contributed by atoms with Crippen molar-refractivity contribution in [3.8, 4) is 11.1 Å². The van der Waals surface area contributed by atoms with Crippen LogP contribution in [0.2, 0.25) is 5.02 Å². The summed E-state index contributed by atoms with van der Waals surface area (Å²) in [7, 11) is 0. The average molecular weight is 328 g/mol. The van der Waals surface area contributed by atoms with E-state index in [0.29, 0.717) is 16.2 Å². The molecule has 2 heterocycles. The van der Waals surface area contributed by atoms with Crippen LogP contribution in [0, 0.1) is 0 Å². The molecular weight excluding hydrogens is 310 g/mol. The zero-order chi connectivity index (χ0) is 16.6. The smallest absolute Gasteiger partial charge is 0.256 e. The predicted octanol–water partition coefficient (Wildman–Crippen LogP) is 4.18. The first-order valence-corrected chi connectivity index (χ1v) is 7.77. The molecule has 5 heteroatoms. The van der Waals surface area contributed by atoms with Crippen molar-refractivity contribution >= 4 is 23.2 Å². The fraction of sp³-hybridized carbons (Fsp3) is 0.222. The SMILES string of the molecule is CC(C)(C)NC(=O)c1c(-c2ccc(Cl)cc2)ccn2ccnc12. The minimum atomic E-state index is -0.326. The molecule has 2 aromatic heterocycles. The lowest BCUT2D eigenvalue weighted by atomic mass is 9.99. The Morgan fingerprint density at radius 3 is 2.48 bits per heavy atom. The van der Waals surface area contributed by atoms with Crippen LogP contribution in [0.15, 0.2) is 48.9 Å². The number of imidazole rings is 1. The van der Waals surface area contributed by atoms with Gasteiger partial charge < -0.3 is 9.72 Å². The van der Waals surface area contributed by atoms with Gasteiger partial charge >= 0.3 is 0 Å². The van der Waals surface area contributed by atoms with Crippen LogP contribution in [0.5, 0.6) is 0 Å². The van der Waals surface area contributed by atoms with Crippen molar-refractivity contribution in [2.24, 2.45) is 0 Å². The number of carbonyl (C=O) groups excluding carboxylic acids is 1. The van der Waals surface area contributed by atoms with Gasteiger partial charge in [-0.1, -0.05) is 23.7 Å². The number of hydrogen-bond donors (Lipinski definition) is 1. The molecule has 4 nitrogen and oxygen atoms in total. The van der Waals surface area contributed by atoms with Crippen LogP contribution in [0.1, 0.15) is 31.1 Å². The van der Waals surface area contributed by atoms with Crippen molar-refractivity contribution in [1.29, 1.82) is 0 Å². The number of pyridine rings is 1. The second-order valence-electron chi connectivity index (χ2n) is 6.47. The molecule has 23 heavy (non-hydrogen) atoms. The highest BCUT2D eigenvalue weighted by Crippen LogP contribution is 2.28. The maximum absolute atomic E-state index is 12.8. The maximum Gasteiger partial charge on any atom is 0.256 e. The molecule has 0 spiro atoms. The fourth-order valence-electron chi connectivity index (χ4n) is 2.48. The van der Waals surface area contributed by atoms with Crippen LogP contribution in [0.3, 0.4) is 0 Å². The second kappa shape index (κ2) is 5.70. The predicted molar refractivity (Wildman–Crippen MR) is 92.9 cm³/mol. The Morgan fingerprint density at radius 2 is 1.83 bits per heavy atom. The van der Waals surface area contributed by atoms with Gasteiger partial charge in [-0.05, 0) is 50.1 Å². The molecule has 118 valence electrons. The normalized spacial score (nSPS) is 11.7. The summed E-state index contributed by atoms with van der Waals surface area (Å²) >= 11 is 5.97. The number of rotatable bonds is 2. The molecule has 0 saturated heterocycles. The molecule has 0 aliphatic rings. The molecule has 0 aliphatic carbocycles. The van der Waals surface area contributed by atoms with Crippen molar-refractivity contribution in [2.45, 2.75) is 26.3 Å². The second-order valence-corrected chi connectivity index (χ2v) is 6.91. The van der Waals surface area contributed by atoms with E-state index in [2.05, 4.69) is 10.3 Å². The lowest BCUT2D eigenvalue weighted by Gasteiger charge is -2.22. The third-order valence-corrected chi connectivity index (χ3v) is 3.69. The third-order valence-electron chi connectivity index (χ3n) is 3.43.